The number of nitrogens with two attached hydrogens (primary N) is 1. The summed E-state index contributed by atoms with van der Waals surface area (Å²) in [6.07, 6.45) is 5.08. The molecule has 17 heavy (non-hydrogen) atoms. The quantitative estimate of drug-likeness (QED) is 0.826. The van der Waals surface area contributed by atoms with E-state index in [-0.39, 0.29) is 11.4 Å². The molecule has 3 heteroatoms. The lowest BCUT2D eigenvalue weighted by Gasteiger charge is -2.28. The van der Waals surface area contributed by atoms with E-state index in [1.165, 1.54) is 6.07 Å². The van der Waals surface area contributed by atoms with Gasteiger partial charge in [-0.15, -0.1) is 0 Å². The molecule has 0 aromatic heterocycles. The average molecular weight is 302 g/mol. The standard InChI is InChI=1S/C14H21BrFN/c1-3-5-8-14(17,4-2)10-11-6-7-13(16)12(15)9-11/h6-7,9H,3-5,8,10,17H2,1-2H3. The van der Waals surface area contributed by atoms with Crippen molar-refractivity contribution < 1.29 is 4.39 Å². The molecule has 0 fully saturated rings. The van der Waals surface area contributed by atoms with Crippen LogP contribution in [-0.4, -0.2) is 5.54 Å². The molecule has 0 bridgehead atoms. The summed E-state index contributed by atoms with van der Waals surface area (Å²) in [5.41, 5.74) is 7.33. The first kappa shape index (κ1) is 14.7. The van der Waals surface area contributed by atoms with Crippen molar-refractivity contribution in [3.8, 4) is 0 Å². The Hall–Kier alpha value is -0.410. The Bertz CT molecular complexity index is 367. The second kappa shape index (κ2) is 6.50. The number of rotatable bonds is 6. The van der Waals surface area contributed by atoms with E-state index in [9.17, 15) is 4.39 Å². The van der Waals surface area contributed by atoms with Crippen LogP contribution in [0.4, 0.5) is 4.39 Å². The van der Waals surface area contributed by atoms with Gasteiger partial charge in [-0.1, -0.05) is 32.8 Å². The molecule has 1 nitrogen and oxygen atoms in total. The third kappa shape index (κ3) is 4.40. The summed E-state index contributed by atoms with van der Waals surface area (Å²) >= 11 is 3.21. The molecule has 1 atom stereocenters. The predicted molar refractivity (Wildman–Crippen MR) is 74.5 cm³/mol. The number of hydrogen-bond donors (Lipinski definition) is 1. The van der Waals surface area contributed by atoms with Crippen molar-refractivity contribution in [3.05, 3.63) is 34.1 Å². The molecule has 0 aliphatic rings. The van der Waals surface area contributed by atoms with Gasteiger partial charge in [0.15, 0.2) is 0 Å². The van der Waals surface area contributed by atoms with Crippen LogP contribution in [-0.2, 0) is 6.42 Å². The Morgan fingerprint density at radius 1 is 1.35 bits per heavy atom. The van der Waals surface area contributed by atoms with Gasteiger partial charge in [-0.3, -0.25) is 0 Å². The Morgan fingerprint density at radius 3 is 2.59 bits per heavy atom. The van der Waals surface area contributed by atoms with Gasteiger partial charge in [-0.2, -0.15) is 0 Å². The third-order valence-electron chi connectivity index (χ3n) is 3.27. The molecule has 0 amide bonds. The highest BCUT2D eigenvalue weighted by Crippen LogP contribution is 2.24. The van der Waals surface area contributed by atoms with Crippen molar-refractivity contribution in [2.45, 2.75) is 51.5 Å². The summed E-state index contributed by atoms with van der Waals surface area (Å²) in [5, 5.41) is 0. The molecular formula is C14H21BrFN. The fourth-order valence-electron chi connectivity index (χ4n) is 1.98. The molecule has 0 aliphatic carbocycles. The van der Waals surface area contributed by atoms with E-state index in [4.69, 9.17) is 5.73 Å². The molecule has 0 saturated heterocycles. The zero-order valence-electron chi connectivity index (χ0n) is 10.6. The van der Waals surface area contributed by atoms with Crippen LogP contribution in [0.5, 0.6) is 0 Å². The van der Waals surface area contributed by atoms with E-state index >= 15 is 0 Å². The molecule has 0 spiro atoms. The summed E-state index contributed by atoms with van der Waals surface area (Å²) in [6.45, 7) is 4.29. The van der Waals surface area contributed by atoms with Gasteiger partial charge in [0.25, 0.3) is 0 Å². The molecular weight excluding hydrogens is 281 g/mol. The normalized spacial score (nSPS) is 14.6. The first-order valence-corrected chi connectivity index (χ1v) is 7.03. The van der Waals surface area contributed by atoms with Crippen LogP contribution in [0.1, 0.15) is 45.1 Å². The van der Waals surface area contributed by atoms with Gasteiger partial charge in [0.2, 0.25) is 0 Å². The molecule has 2 N–H and O–H groups in total. The van der Waals surface area contributed by atoms with Crippen molar-refractivity contribution in [3.63, 3.8) is 0 Å². The molecule has 96 valence electrons. The number of unbranched alkanes of at least 4 members (excludes halogenated alkanes) is 1. The minimum atomic E-state index is -0.221. The molecule has 0 aliphatic heterocycles. The fraction of sp³-hybridized carbons (Fsp3) is 0.571. The van der Waals surface area contributed by atoms with Crippen molar-refractivity contribution in [1.29, 1.82) is 0 Å². The van der Waals surface area contributed by atoms with E-state index < -0.39 is 0 Å². The van der Waals surface area contributed by atoms with Crippen molar-refractivity contribution in [1.82, 2.24) is 0 Å². The lowest BCUT2D eigenvalue weighted by molar-refractivity contribution is 0.365. The zero-order chi connectivity index (χ0) is 12.9. The van der Waals surface area contributed by atoms with Gasteiger partial charge in [-0.25, -0.2) is 4.39 Å². The highest BCUT2D eigenvalue weighted by Gasteiger charge is 2.22. The van der Waals surface area contributed by atoms with Crippen LogP contribution < -0.4 is 5.73 Å². The Balaban J connectivity index is 2.76. The maximum atomic E-state index is 13.1. The van der Waals surface area contributed by atoms with Crippen LogP contribution in [0, 0.1) is 5.82 Å². The van der Waals surface area contributed by atoms with Crippen LogP contribution in [0.3, 0.4) is 0 Å². The van der Waals surface area contributed by atoms with Gasteiger partial charge in [0.05, 0.1) is 4.47 Å². The molecule has 0 saturated carbocycles. The van der Waals surface area contributed by atoms with E-state index in [0.717, 1.165) is 37.7 Å². The number of benzene rings is 1. The maximum absolute atomic E-state index is 13.1. The topological polar surface area (TPSA) is 26.0 Å². The number of hydrogen-bond acceptors (Lipinski definition) is 1. The lowest BCUT2D eigenvalue weighted by atomic mass is 9.84. The summed E-state index contributed by atoms with van der Waals surface area (Å²) in [7, 11) is 0. The second-order valence-electron chi connectivity index (χ2n) is 4.74. The molecule has 0 radical (unpaired) electrons. The van der Waals surface area contributed by atoms with Gasteiger partial charge in [0, 0.05) is 5.54 Å². The van der Waals surface area contributed by atoms with E-state index in [1.54, 1.807) is 0 Å². The third-order valence-corrected chi connectivity index (χ3v) is 3.88. The van der Waals surface area contributed by atoms with Crippen LogP contribution in [0.25, 0.3) is 0 Å². The summed E-state index contributed by atoms with van der Waals surface area (Å²) in [6, 6.07) is 5.15. The summed E-state index contributed by atoms with van der Waals surface area (Å²) in [5.74, 6) is -0.221. The minimum absolute atomic E-state index is 0.159. The Morgan fingerprint density at radius 2 is 2.06 bits per heavy atom. The van der Waals surface area contributed by atoms with Gasteiger partial charge < -0.3 is 5.73 Å². The molecule has 1 rings (SSSR count). The Kier molecular flexibility index (Phi) is 5.60. The molecule has 1 aromatic carbocycles. The van der Waals surface area contributed by atoms with Crippen molar-refractivity contribution in [2.24, 2.45) is 5.73 Å². The van der Waals surface area contributed by atoms with E-state index in [2.05, 4.69) is 29.8 Å². The van der Waals surface area contributed by atoms with Crippen molar-refractivity contribution >= 4 is 15.9 Å². The lowest BCUT2D eigenvalue weighted by Crippen LogP contribution is -2.41. The fourth-order valence-corrected chi connectivity index (χ4v) is 2.40. The molecule has 1 aromatic rings. The zero-order valence-corrected chi connectivity index (χ0v) is 12.2. The first-order valence-electron chi connectivity index (χ1n) is 6.23. The Labute approximate surface area is 112 Å². The number of halogens is 2. The highest BCUT2D eigenvalue weighted by molar-refractivity contribution is 9.10. The summed E-state index contributed by atoms with van der Waals surface area (Å²) < 4.78 is 13.7. The van der Waals surface area contributed by atoms with Gasteiger partial charge >= 0.3 is 0 Å². The molecule has 1 unspecified atom stereocenters. The monoisotopic (exact) mass is 301 g/mol. The predicted octanol–water partition coefficient (Wildman–Crippen LogP) is 4.43. The van der Waals surface area contributed by atoms with Gasteiger partial charge in [-0.05, 0) is 52.9 Å². The SMILES string of the molecule is CCCCC(N)(CC)Cc1ccc(F)c(Br)c1. The summed E-state index contributed by atoms with van der Waals surface area (Å²) in [4.78, 5) is 0. The smallest absolute Gasteiger partial charge is 0.137 e. The van der Waals surface area contributed by atoms with Crippen LogP contribution in [0.2, 0.25) is 0 Å². The van der Waals surface area contributed by atoms with E-state index in [0.29, 0.717) is 4.47 Å². The second-order valence-corrected chi connectivity index (χ2v) is 5.60. The average Bonchev–Trinajstić information content (AvgIpc) is 2.31. The minimum Gasteiger partial charge on any atom is -0.325 e. The first-order chi connectivity index (χ1) is 8.00. The maximum Gasteiger partial charge on any atom is 0.137 e. The van der Waals surface area contributed by atoms with Crippen LogP contribution in [0.15, 0.2) is 22.7 Å². The van der Waals surface area contributed by atoms with Gasteiger partial charge in [0.1, 0.15) is 5.82 Å². The van der Waals surface area contributed by atoms with E-state index in [1.807, 2.05) is 12.1 Å². The van der Waals surface area contributed by atoms with Crippen LogP contribution >= 0.6 is 15.9 Å². The molecule has 0 heterocycles. The largest absolute Gasteiger partial charge is 0.325 e. The highest BCUT2D eigenvalue weighted by atomic mass is 79.9. The van der Waals surface area contributed by atoms with Crippen molar-refractivity contribution in [2.75, 3.05) is 0 Å².